The van der Waals surface area contributed by atoms with Crippen LogP contribution in [0.5, 0.6) is 0 Å². The molecule has 1 amide bonds. The van der Waals surface area contributed by atoms with Gasteiger partial charge in [0, 0.05) is 13.1 Å². The van der Waals surface area contributed by atoms with Gasteiger partial charge in [-0.05, 0) is 43.4 Å². The summed E-state index contributed by atoms with van der Waals surface area (Å²) in [5, 5.41) is 0. The molecule has 0 aliphatic heterocycles. The van der Waals surface area contributed by atoms with Crippen LogP contribution in [-0.4, -0.2) is 28.7 Å². The normalized spacial score (nSPS) is 22.2. The highest BCUT2D eigenvalue weighted by Crippen LogP contribution is 2.34. The topological polar surface area (TPSA) is 20.3 Å². The van der Waals surface area contributed by atoms with Gasteiger partial charge >= 0.3 is 0 Å². The van der Waals surface area contributed by atoms with E-state index in [2.05, 4.69) is 34.7 Å². The maximum atomic E-state index is 12.3. The summed E-state index contributed by atoms with van der Waals surface area (Å²) in [7, 11) is 0. The lowest BCUT2D eigenvalue weighted by Gasteiger charge is -2.26. The highest BCUT2D eigenvalue weighted by Gasteiger charge is 2.34. The average Bonchev–Trinajstić information content (AvgIpc) is 3.08. The molecule has 0 bridgehead atoms. The van der Waals surface area contributed by atoms with Gasteiger partial charge in [0.1, 0.15) is 0 Å². The Morgan fingerprint density at radius 3 is 1.94 bits per heavy atom. The zero-order chi connectivity index (χ0) is 11.7. The van der Waals surface area contributed by atoms with E-state index in [0.29, 0.717) is 11.8 Å². The molecule has 1 unspecified atom stereocenters. The molecule has 0 aromatic heterocycles. The van der Waals surface area contributed by atoms with E-state index in [4.69, 9.17) is 0 Å². The molecular formula is C13H22BrNO. The molecule has 0 heterocycles. The highest BCUT2D eigenvalue weighted by molar-refractivity contribution is 9.10. The second-order valence-corrected chi connectivity index (χ2v) is 6.76. The van der Waals surface area contributed by atoms with Crippen molar-refractivity contribution in [3.63, 3.8) is 0 Å². The molecule has 0 spiro atoms. The minimum absolute atomic E-state index is 0.00463. The summed E-state index contributed by atoms with van der Waals surface area (Å²) in [6.07, 6.45) is 5.29. The van der Waals surface area contributed by atoms with Crippen molar-refractivity contribution in [3.05, 3.63) is 0 Å². The summed E-state index contributed by atoms with van der Waals surface area (Å²) < 4.78 is 0. The highest BCUT2D eigenvalue weighted by atomic mass is 79.9. The van der Waals surface area contributed by atoms with Crippen molar-refractivity contribution in [3.8, 4) is 0 Å². The predicted octanol–water partition coefficient (Wildman–Crippen LogP) is 3.05. The third kappa shape index (κ3) is 3.47. The van der Waals surface area contributed by atoms with Gasteiger partial charge in [-0.25, -0.2) is 0 Å². The summed E-state index contributed by atoms with van der Waals surface area (Å²) in [5.41, 5.74) is 0. The van der Waals surface area contributed by atoms with Crippen LogP contribution < -0.4 is 0 Å². The Morgan fingerprint density at radius 2 is 1.62 bits per heavy atom. The van der Waals surface area contributed by atoms with Crippen molar-refractivity contribution < 1.29 is 4.79 Å². The first kappa shape index (κ1) is 12.4. The lowest BCUT2D eigenvalue weighted by molar-refractivity contribution is -0.131. The number of alkyl halides is 1. The van der Waals surface area contributed by atoms with Crippen molar-refractivity contribution in [2.45, 2.75) is 44.4 Å². The van der Waals surface area contributed by atoms with E-state index in [-0.39, 0.29) is 4.83 Å². The zero-order valence-electron chi connectivity index (χ0n) is 10.3. The van der Waals surface area contributed by atoms with Crippen LogP contribution in [0.3, 0.4) is 0 Å². The van der Waals surface area contributed by atoms with Crippen molar-refractivity contribution >= 4 is 21.8 Å². The molecule has 0 aromatic rings. The molecule has 2 saturated carbocycles. The van der Waals surface area contributed by atoms with Gasteiger partial charge in [0.25, 0.3) is 0 Å². The Labute approximate surface area is 107 Å². The summed E-state index contributed by atoms with van der Waals surface area (Å²) in [6.45, 7) is 6.21. The fourth-order valence-corrected chi connectivity index (χ4v) is 2.23. The van der Waals surface area contributed by atoms with E-state index in [1.807, 2.05) is 0 Å². The van der Waals surface area contributed by atoms with Gasteiger partial charge in [-0.3, -0.25) is 4.79 Å². The van der Waals surface area contributed by atoms with Gasteiger partial charge in [0.2, 0.25) is 5.91 Å². The smallest absolute Gasteiger partial charge is 0.236 e. The van der Waals surface area contributed by atoms with E-state index >= 15 is 0 Å². The minimum Gasteiger partial charge on any atom is -0.341 e. The molecule has 2 aliphatic carbocycles. The molecule has 92 valence electrons. The predicted molar refractivity (Wildman–Crippen MR) is 69.6 cm³/mol. The van der Waals surface area contributed by atoms with E-state index < -0.39 is 0 Å². The number of halogens is 1. The number of hydrogen-bond acceptors (Lipinski definition) is 1. The Hall–Kier alpha value is -0.0500. The summed E-state index contributed by atoms with van der Waals surface area (Å²) >= 11 is 3.54. The number of carbonyl (C=O) groups excluding carboxylic acids is 1. The maximum absolute atomic E-state index is 12.3. The van der Waals surface area contributed by atoms with Gasteiger partial charge in [-0.15, -0.1) is 0 Å². The number of nitrogens with zero attached hydrogens (tertiary/aromatic N) is 1. The fraction of sp³-hybridized carbons (Fsp3) is 0.923. The molecule has 0 radical (unpaired) electrons. The van der Waals surface area contributed by atoms with Gasteiger partial charge in [0.15, 0.2) is 0 Å². The second-order valence-electron chi connectivity index (χ2n) is 5.78. The summed E-state index contributed by atoms with van der Waals surface area (Å²) in [4.78, 5) is 14.4. The van der Waals surface area contributed by atoms with Crippen LogP contribution in [0.2, 0.25) is 0 Å². The van der Waals surface area contributed by atoms with Crippen LogP contribution in [-0.2, 0) is 4.79 Å². The first-order valence-electron chi connectivity index (χ1n) is 6.50. The van der Waals surface area contributed by atoms with Gasteiger partial charge in [-0.2, -0.15) is 0 Å². The van der Waals surface area contributed by atoms with E-state index in [1.165, 1.54) is 25.7 Å². The van der Waals surface area contributed by atoms with Gasteiger partial charge in [-0.1, -0.05) is 29.8 Å². The summed E-state index contributed by atoms with van der Waals surface area (Å²) in [5.74, 6) is 2.30. The third-order valence-electron chi connectivity index (χ3n) is 3.48. The lowest BCUT2D eigenvalue weighted by Crippen LogP contribution is -2.41. The first-order valence-corrected chi connectivity index (χ1v) is 7.42. The molecule has 0 aromatic carbocycles. The van der Waals surface area contributed by atoms with E-state index in [0.717, 1.165) is 24.9 Å². The van der Waals surface area contributed by atoms with Crippen LogP contribution in [0.15, 0.2) is 0 Å². The van der Waals surface area contributed by atoms with Crippen molar-refractivity contribution in [2.75, 3.05) is 13.1 Å². The molecule has 0 saturated heterocycles. The molecule has 1 atom stereocenters. The molecule has 2 fully saturated rings. The Morgan fingerprint density at radius 1 is 1.19 bits per heavy atom. The van der Waals surface area contributed by atoms with Crippen LogP contribution in [0.4, 0.5) is 0 Å². The van der Waals surface area contributed by atoms with Gasteiger partial charge in [0.05, 0.1) is 4.83 Å². The van der Waals surface area contributed by atoms with E-state index in [1.54, 1.807) is 0 Å². The third-order valence-corrected chi connectivity index (χ3v) is 4.93. The monoisotopic (exact) mass is 287 g/mol. The molecule has 2 aliphatic rings. The van der Waals surface area contributed by atoms with Crippen LogP contribution in [0, 0.1) is 17.8 Å². The molecule has 2 nitrogen and oxygen atoms in total. The fourth-order valence-electron chi connectivity index (χ4n) is 1.94. The van der Waals surface area contributed by atoms with Crippen molar-refractivity contribution in [1.29, 1.82) is 0 Å². The number of hydrogen-bond donors (Lipinski definition) is 0. The largest absolute Gasteiger partial charge is 0.341 e. The quantitative estimate of drug-likeness (QED) is 0.688. The molecule has 3 heteroatoms. The Balaban J connectivity index is 1.89. The average molecular weight is 288 g/mol. The zero-order valence-corrected chi connectivity index (χ0v) is 11.9. The Bertz CT molecular complexity index is 245. The van der Waals surface area contributed by atoms with E-state index in [9.17, 15) is 4.79 Å². The van der Waals surface area contributed by atoms with Crippen molar-refractivity contribution in [1.82, 2.24) is 4.90 Å². The second kappa shape index (κ2) is 5.07. The molecular weight excluding hydrogens is 266 g/mol. The first-order chi connectivity index (χ1) is 7.58. The molecule has 0 N–H and O–H groups in total. The lowest BCUT2D eigenvalue weighted by atomic mass is 10.1. The molecule has 16 heavy (non-hydrogen) atoms. The maximum Gasteiger partial charge on any atom is 0.236 e. The van der Waals surface area contributed by atoms with Crippen molar-refractivity contribution in [2.24, 2.45) is 17.8 Å². The van der Waals surface area contributed by atoms with Gasteiger partial charge < -0.3 is 4.90 Å². The number of carbonyl (C=O) groups is 1. The number of amides is 1. The molecule has 2 rings (SSSR count). The Kier molecular flexibility index (Phi) is 3.93. The van der Waals surface area contributed by atoms with Crippen LogP contribution >= 0.6 is 15.9 Å². The SMILES string of the molecule is CC(C)C(Br)C(=O)N(CC1CC1)CC1CC1. The summed E-state index contributed by atoms with van der Waals surface area (Å²) in [6, 6.07) is 0. The number of rotatable bonds is 6. The van der Waals surface area contributed by atoms with Crippen LogP contribution in [0.25, 0.3) is 0 Å². The standard InChI is InChI=1S/C13H22BrNO/c1-9(2)12(14)13(16)15(7-10-3-4-10)8-11-5-6-11/h9-12H,3-8H2,1-2H3. The van der Waals surface area contributed by atoms with Crippen LogP contribution in [0.1, 0.15) is 39.5 Å². The minimum atomic E-state index is 0.00463.